The molecule has 0 atom stereocenters. The van der Waals surface area contributed by atoms with E-state index in [1.807, 2.05) is 12.1 Å². The summed E-state index contributed by atoms with van der Waals surface area (Å²) in [5.41, 5.74) is 8.67. The number of rotatable bonds is 3. The highest BCUT2D eigenvalue weighted by Gasteiger charge is 2.19. The van der Waals surface area contributed by atoms with Crippen LogP contribution in [0.15, 0.2) is 39.6 Å². The van der Waals surface area contributed by atoms with Gasteiger partial charge in [0.05, 0.1) is 10.6 Å². The maximum Gasteiger partial charge on any atom is 0.172 e. The molecule has 2 heterocycles. The van der Waals surface area contributed by atoms with E-state index < -0.39 is 0 Å². The molecule has 0 aromatic carbocycles. The summed E-state index contributed by atoms with van der Waals surface area (Å²) in [6, 6.07) is 5.55. The first kappa shape index (κ1) is 14.2. The van der Waals surface area contributed by atoms with Gasteiger partial charge in [0.2, 0.25) is 0 Å². The fourth-order valence-electron chi connectivity index (χ4n) is 2.29. The maximum atomic E-state index is 8.96. The van der Waals surface area contributed by atoms with E-state index in [1.54, 1.807) is 12.3 Å². The van der Waals surface area contributed by atoms with Crippen LogP contribution < -0.4 is 5.73 Å². The summed E-state index contributed by atoms with van der Waals surface area (Å²) < 4.78 is 0. The standard InChI is InChI=1S/C14H13ClN4OS/c15-9-4-5-12(17-7-9)21-14-10(13(16)19-20)6-8-2-1-3-11(8)18-14/h4-7,20H,1-3H2,(H2,16,19). The van der Waals surface area contributed by atoms with E-state index in [0.29, 0.717) is 15.6 Å². The summed E-state index contributed by atoms with van der Waals surface area (Å²) in [5.74, 6) is 0.0636. The summed E-state index contributed by atoms with van der Waals surface area (Å²) in [6.07, 6.45) is 4.62. The number of amidine groups is 1. The number of halogens is 1. The summed E-state index contributed by atoms with van der Waals surface area (Å²) in [4.78, 5) is 8.90. The number of aromatic nitrogens is 2. The lowest BCUT2D eigenvalue weighted by molar-refractivity contribution is 0.318. The van der Waals surface area contributed by atoms with E-state index >= 15 is 0 Å². The van der Waals surface area contributed by atoms with Gasteiger partial charge in [-0.3, -0.25) is 0 Å². The number of oxime groups is 1. The summed E-state index contributed by atoms with van der Waals surface area (Å²) >= 11 is 7.22. The van der Waals surface area contributed by atoms with E-state index in [0.717, 1.165) is 30.0 Å². The van der Waals surface area contributed by atoms with Gasteiger partial charge in [-0.25, -0.2) is 9.97 Å². The molecule has 0 spiro atoms. The number of pyridine rings is 2. The Morgan fingerprint density at radius 2 is 2.24 bits per heavy atom. The Morgan fingerprint density at radius 1 is 1.38 bits per heavy atom. The van der Waals surface area contributed by atoms with E-state index in [9.17, 15) is 0 Å². The van der Waals surface area contributed by atoms with Crippen LogP contribution in [-0.2, 0) is 12.8 Å². The van der Waals surface area contributed by atoms with Crippen molar-refractivity contribution in [1.29, 1.82) is 0 Å². The van der Waals surface area contributed by atoms with Gasteiger partial charge in [-0.15, -0.1) is 0 Å². The molecule has 0 unspecified atom stereocenters. The SMILES string of the molecule is NC(=NO)c1cc2c(nc1Sc1ccc(Cl)cn1)CCC2. The molecule has 0 saturated carbocycles. The zero-order valence-electron chi connectivity index (χ0n) is 11.1. The molecular weight excluding hydrogens is 308 g/mol. The summed E-state index contributed by atoms with van der Waals surface area (Å²) in [5, 5.41) is 14.1. The van der Waals surface area contributed by atoms with Crippen molar-refractivity contribution < 1.29 is 5.21 Å². The van der Waals surface area contributed by atoms with Crippen molar-refractivity contribution in [3.8, 4) is 0 Å². The zero-order chi connectivity index (χ0) is 14.8. The minimum absolute atomic E-state index is 0.0636. The third kappa shape index (κ3) is 2.96. The fraction of sp³-hybridized carbons (Fsp3) is 0.214. The predicted octanol–water partition coefficient (Wildman–Crippen LogP) is 2.86. The first-order valence-electron chi connectivity index (χ1n) is 6.47. The van der Waals surface area contributed by atoms with Crippen LogP contribution in [0.2, 0.25) is 5.02 Å². The van der Waals surface area contributed by atoms with Crippen molar-refractivity contribution in [2.24, 2.45) is 10.9 Å². The number of aryl methyl sites for hydroxylation is 2. The van der Waals surface area contributed by atoms with Gasteiger partial charge >= 0.3 is 0 Å². The Morgan fingerprint density at radius 3 is 2.95 bits per heavy atom. The molecule has 1 aliphatic rings. The lowest BCUT2D eigenvalue weighted by Crippen LogP contribution is -2.16. The van der Waals surface area contributed by atoms with Crippen LogP contribution in [0, 0.1) is 0 Å². The smallest absolute Gasteiger partial charge is 0.172 e. The molecule has 3 rings (SSSR count). The molecule has 0 bridgehead atoms. The molecule has 0 amide bonds. The highest BCUT2D eigenvalue weighted by molar-refractivity contribution is 7.99. The third-order valence-corrected chi connectivity index (χ3v) is 4.48. The van der Waals surface area contributed by atoms with Crippen molar-refractivity contribution in [3.63, 3.8) is 0 Å². The van der Waals surface area contributed by atoms with Gasteiger partial charge in [-0.1, -0.05) is 16.8 Å². The van der Waals surface area contributed by atoms with Crippen LogP contribution in [0.1, 0.15) is 23.2 Å². The first-order chi connectivity index (χ1) is 10.2. The Balaban J connectivity index is 2.01. The Kier molecular flexibility index (Phi) is 3.98. The molecule has 1 aliphatic carbocycles. The first-order valence-corrected chi connectivity index (χ1v) is 7.67. The lowest BCUT2D eigenvalue weighted by atomic mass is 10.1. The van der Waals surface area contributed by atoms with Crippen LogP contribution in [-0.4, -0.2) is 21.0 Å². The van der Waals surface area contributed by atoms with E-state index in [2.05, 4.69) is 15.1 Å². The second-order valence-corrected chi connectivity index (χ2v) is 6.15. The van der Waals surface area contributed by atoms with Crippen LogP contribution in [0.25, 0.3) is 0 Å². The largest absolute Gasteiger partial charge is 0.409 e. The molecule has 21 heavy (non-hydrogen) atoms. The Labute approximate surface area is 131 Å². The monoisotopic (exact) mass is 320 g/mol. The third-order valence-electron chi connectivity index (χ3n) is 3.30. The van der Waals surface area contributed by atoms with Crippen LogP contribution in [0.3, 0.4) is 0 Å². The van der Waals surface area contributed by atoms with Crippen LogP contribution in [0.4, 0.5) is 0 Å². The summed E-state index contributed by atoms with van der Waals surface area (Å²) in [7, 11) is 0. The molecule has 2 aromatic rings. The minimum Gasteiger partial charge on any atom is -0.409 e. The number of fused-ring (bicyclic) bond motifs is 1. The van der Waals surface area contributed by atoms with E-state index in [-0.39, 0.29) is 5.84 Å². The Bertz CT molecular complexity index is 703. The van der Waals surface area contributed by atoms with Crippen molar-refractivity contribution in [1.82, 2.24) is 9.97 Å². The topological polar surface area (TPSA) is 84.4 Å². The highest BCUT2D eigenvalue weighted by Crippen LogP contribution is 2.32. The normalized spacial score (nSPS) is 14.2. The number of nitrogens with two attached hydrogens (primary N) is 1. The molecule has 2 aromatic heterocycles. The zero-order valence-corrected chi connectivity index (χ0v) is 12.7. The van der Waals surface area contributed by atoms with Gasteiger partial charge in [-0.05, 0) is 54.8 Å². The molecule has 5 nitrogen and oxygen atoms in total. The van der Waals surface area contributed by atoms with Gasteiger partial charge in [0.25, 0.3) is 0 Å². The molecule has 0 aliphatic heterocycles. The van der Waals surface area contributed by atoms with E-state index in [4.69, 9.17) is 22.5 Å². The van der Waals surface area contributed by atoms with Crippen LogP contribution >= 0.6 is 23.4 Å². The molecule has 0 radical (unpaired) electrons. The fourth-order valence-corrected chi connectivity index (χ4v) is 3.27. The number of hydrogen-bond donors (Lipinski definition) is 2. The second kappa shape index (κ2) is 5.91. The lowest BCUT2D eigenvalue weighted by Gasteiger charge is -2.10. The van der Waals surface area contributed by atoms with Gasteiger partial charge in [-0.2, -0.15) is 0 Å². The van der Waals surface area contributed by atoms with Gasteiger partial charge in [0, 0.05) is 11.9 Å². The molecule has 7 heteroatoms. The van der Waals surface area contributed by atoms with Gasteiger partial charge in [0.1, 0.15) is 10.1 Å². The molecule has 0 saturated heterocycles. The molecule has 3 N–H and O–H groups in total. The molecular formula is C14H13ClN4OS. The van der Waals surface area contributed by atoms with Crippen molar-refractivity contribution in [3.05, 3.63) is 46.2 Å². The molecule has 108 valence electrons. The van der Waals surface area contributed by atoms with Crippen molar-refractivity contribution in [2.45, 2.75) is 29.3 Å². The van der Waals surface area contributed by atoms with Crippen molar-refractivity contribution >= 4 is 29.2 Å². The second-order valence-electron chi connectivity index (χ2n) is 4.70. The predicted molar refractivity (Wildman–Crippen MR) is 82.1 cm³/mol. The number of hydrogen-bond acceptors (Lipinski definition) is 5. The Hall–Kier alpha value is -1.79. The van der Waals surface area contributed by atoms with Gasteiger partial charge in [0.15, 0.2) is 5.84 Å². The summed E-state index contributed by atoms with van der Waals surface area (Å²) in [6.45, 7) is 0. The van der Waals surface area contributed by atoms with Gasteiger partial charge < -0.3 is 10.9 Å². The number of nitrogens with zero attached hydrogens (tertiary/aromatic N) is 3. The average Bonchev–Trinajstić information content (AvgIpc) is 2.95. The van der Waals surface area contributed by atoms with Crippen molar-refractivity contribution in [2.75, 3.05) is 0 Å². The minimum atomic E-state index is 0.0636. The quantitative estimate of drug-likeness (QED) is 0.393. The van der Waals surface area contributed by atoms with E-state index in [1.165, 1.54) is 17.3 Å². The maximum absolute atomic E-state index is 8.96. The molecule has 0 fully saturated rings. The highest BCUT2D eigenvalue weighted by atomic mass is 35.5. The average molecular weight is 321 g/mol. The van der Waals surface area contributed by atoms with Crippen LogP contribution in [0.5, 0.6) is 0 Å².